The summed E-state index contributed by atoms with van der Waals surface area (Å²) in [6.07, 6.45) is 3.28. The number of halogens is 1. The highest BCUT2D eigenvalue weighted by molar-refractivity contribution is 6.30. The predicted molar refractivity (Wildman–Crippen MR) is 101 cm³/mol. The van der Waals surface area contributed by atoms with Crippen LogP contribution in [0.5, 0.6) is 0 Å². The van der Waals surface area contributed by atoms with Crippen molar-refractivity contribution in [1.82, 2.24) is 24.6 Å². The number of nitrogens with zero attached hydrogens (tertiary/aromatic N) is 5. The van der Waals surface area contributed by atoms with Crippen LogP contribution >= 0.6 is 11.6 Å². The zero-order valence-electron chi connectivity index (χ0n) is 14.6. The lowest BCUT2D eigenvalue weighted by Gasteiger charge is -2.14. The lowest BCUT2D eigenvalue weighted by molar-refractivity contribution is -0.122. The highest BCUT2D eigenvalue weighted by Gasteiger charge is 2.33. The first kappa shape index (κ1) is 17.9. The molecule has 4 rings (SSSR count). The van der Waals surface area contributed by atoms with Gasteiger partial charge in [-0.05, 0) is 35.9 Å². The van der Waals surface area contributed by atoms with Gasteiger partial charge in [0.2, 0.25) is 5.91 Å². The van der Waals surface area contributed by atoms with E-state index in [2.05, 4.69) is 15.4 Å². The Morgan fingerprint density at radius 2 is 1.96 bits per heavy atom. The predicted octanol–water partition coefficient (Wildman–Crippen LogP) is 1.40. The van der Waals surface area contributed by atoms with Crippen molar-refractivity contribution in [2.45, 2.75) is 19.6 Å². The van der Waals surface area contributed by atoms with Gasteiger partial charge in [0.1, 0.15) is 6.54 Å². The molecule has 3 heterocycles. The molecule has 0 fully saturated rings. The number of carbonyl (C=O) groups excluding carboxylic acids is 2. The largest absolute Gasteiger partial charge is 0.354 e. The second-order valence-corrected chi connectivity index (χ2v) is 6.61. The molecule has 0 bridgehead atoms. The van der Waals surface area contributed by atoms with Crippen LogP contribution in [0, 0.1) is 0 Å². The van der Waals surface area contributed by atoms with Gasteiger partial charge in [0.05, 0.1) is 6.54 Å². The van der Waals surface area contributed by atoms with E-state index in [-0.39, 0.29) is 31.4 Å². The van der Waals surface area contributed by atoms with Gasteiger partial charge in [-0.25, -0.2) is 14.3 Å². The summed E-state index contributed by atoms with van der Waals surface area (Å²) in [4.78, 5) is 42.6. The Morgan fingerprint density at radius 3 is 2.64 bits per heavy atom. The van der Waals surface area contributed by atoms with Crippen LogP contribution in [0.15, 0.2) is 53.6 Å². The standard InChI is InChI=1S/C18H15ClN6O3/c19-13-3-5-14(6-4-13)23-10-15-22-24(18(28)25(15)17(23)27)11-16(26)21-9-12-2-1-7-20-8-12/h1-8H,9-11H2,(H,21,26). The molecule has 28 heavy (non-hydrogen) atoms. The number of amides is 2. The lowest BCUT2D eigenvalue weighted by Crippen LogP contribution is -2.37. The topological polar surface area (TPSA) is 102 Å². The quantitative estimate of drug-likeness (QED) is 0.699. The molecule has 1 aliphatic heterocycles. The molecule has 2 aromatic heterocycles. The summed E-state index contributed by atoms with van der Waals surface area (Å²) >= 11 is 5.87. The summed E-state index contributed by atoms with van der Waals surface area (Å²) in [6, 6.07) is 9.79. The van der Waals surface area contributed by atoms with Crippen LogP contribution in [0.4, 0.5) is 10.5 Å². The highest BCUT2D eigenvalue weighted by Crippen LogP contribution is 2.23. The van der Waals surface area contributed by atoms with Crippen molar-refractivity contribution in [2.24, 2.45) is 0 Å². The molecule has 3 aromatic rings. The minimum absolute atomic E-state index is 0.139. The first-order valence-corrected chi connectivity index (χ1v) is 8.82. The van der Waals surface area contributed by atoms with Gasteiger partial charge in [-0.2, -0.15) is 9.67 Å². The van der Waals surface area contributed by atoms with Gasteiger partial charge in [-0.3, -0.25) is 14.7 Å². The van der Waals surface area contributed by atoms with Crippen molar-refractivity contribution >= 4 is 29.2 Å². The summed E-state index contributed by atoms with van der Waals surface area (Å²) in [7, 11) is 0. The fourth-order valence-electron chi connectivity index (χ4n) is 2.90. The van der Waals surface area contributed by atoms with Gasteiger partial charge >= 0.3 is 11.7 Å². The Bertz CT molecular complexity index is 1090. The normalized spacial score (nSPS) is 12.9. The van der Waals surface area contributed by atoms with E-state index < -0.39 is 11.7 Å². The maximum atomic E-state index is 12.6. The number of hydrogen-bond donors (Lipinski definition) is 1. The molecule has 2 amide bonds. The molecule has 1 aromatic carbocycles. The fourth-order valence-corrected chi connectivity index (χ4v) is 3.02. The number of pyridine rings is 1. The number of fused-ring (bicyclic) bond motifs is 1. The number of hydrogen-bond acceptors (Lipinski definition) is 5. The SMILES string of the molecule is O=C(Cn1nc2n(c1=O)C(=O)N(c1ccc(Cl)cc1)C2)NCc1cccnc1. The summed E-state index contributed by atoms with van der Waals surface area (Å²) in [5, 5.41) is 7.38. The summed E-state index contributed by atoms with van der Waals surface area (Å²) in [6.45, 7) is 0.158. The minimum Gasteiger partial charge on any atom is -0.350 e. The average Bonchev–Trinajstić information content (AvgIpc) is 3.18. The first-order valence-electron chi connectivity index (χ1n) is 8.45. The van der Waals surface area contributed by atoms with E-state index in [1.54, 1.807) is 42.7 Å². The summed E-state index contributed by atoms with van der Waals surface area (Å²) in [5.41, 5.74) is 0.803. The number of nitrogens with one attached hydrogen (secondary N) is 1. The van der Waals surface area contributed by atoms with E-state index in [4.69, 9.17) is 11.6 Å². The molecule has 1 aliphatic rings. The van der Waals surface area contributed by atoms with Crippen molar-refractivity contribution < 1.29 is 9.59 Å². The second kappa shape index (κ2) is 7.28. The van der Waals surface area contributed by atoms with E-state index in [1.807, 2.05) is 6.07 Å². The first-order chi connectivity index (χ1) is 13.5. The zero-order chi connectivity index (χ0) is 19.7. The molecule has 0 aliphatic carbocycles. The van der Waals surface area contributed by atoms with E-state index >= 15 is 0 Å². The maximum Gasteiger partial charge on any atom is 0.354 e. The minimum atomic E-state index is -0.645. The Morgan fingerprint density at radius 1 is 1.18 bits per heavy atom. The van der Waals surface area contributed by atoms with Gasteiger partial charge in [0.25, 0.3) is 0 Å². The van der Waals surface area contributed by atoms with Crippen LogP contribution in [0.3, 0.4) is 0 Å². The Kier molecular flexibility index (Phi) is 4.66. The molecular formula is C18H15ClN6O3. The third kappa shape index (κ3) is 3.39. The van der Waals surface area contributed by atoms with Crippen molar-refractivity contribution in [3.8, 4) is 0 Å². The number of anilines is 1. The third-order valence-corrected chi connectivity index (χ3v) is 4.52. The molecule has 0 saturated carbocycles. The van der Waals surface area contributed by atoms with E-state index in [0.29, 0.717) is 10.7 Å². The van der Waals surface area contributed by atoms with Crippen LogP contribution in [0.1, 0.15) is 11.4 Å². The van der Waals surface area contributed by atoms with Crippen molar-refractivity contribution in [3.63, 3.8) is 0 Å². The zero-order valence-corrected chi connectivity index (χ0v) is 15.3. The number of benzene rings is 1. The van der Waals surface area contributed by atoms with Gasteiger partial charge in [0, 0.05) is 29.6 Å². The number of aromatic nitrogens is 4. The molecule has 0 spiro atoms. The molecule has 142 valence electrons. The molecule has 0 radical (unpaired) electrons. The van der Waals surface area contributed by atoms with Crippen molar-refractivity contribution in [1.29, 1.82) is 0 Å². The monoisotopic (exact) mass is 398 g/mol. The fraction of sp³-hybridized carbons (Fsp3) is 0.167. The summed E-state index contributed by atoms with van der Waals surface area (Å²) < 4.78 is 1.97. The Hall–Kier alpha value is -3.46. The van der Waals surface area contributed by atoms with Crippen molar-refractivity contribution in [3.05, 3.63) is 75.7 Å². The number of carbonyl (C=O) groups is 2. The third-order valence-electron chi connectivity index (χ3n) is 4.27. The summed E-state index contributed by atoms with van der Waals surface area (Å²) in [5.74, 6) is -0.102. The number of rotatable bonds is 5. The average molecular weight is 399 g/mol. The van der Waals surface area contributed by atoms with Crippen LogP contribution in [0.25, 0.3) is 0 Å². The van der Waals surface area contributed by atoms with E-state index in [0.717, 1.165) is 14.8 Å². The molecule has 1 N–H and O–H groups in total. The highest BCUT2D eigenvalue weighted by atomic mass is 35.5. The molecule has 0 saturated heterocycles. The van der Waals surface area contributed by atoms with Gasteiger partial charge in [-0.1, -0.05) is 17.7 Å². The lowest BCUT2D eigenvalue weighted by atomic mass is 10.3. The second-order valence-electron chi connectivity index (χ2n) is 6.18. The van der Waals surface area contributed by atoms with Gasteiger partial charge in [-0.15, -0.1) is 0 Å². The smallest absolute Gasteiger partial charge is 0.350 e. The van der Waals surface area contributed by atoms with Gasteiger partial charge in [0.15, 0.2) is 5.82 Å². The molecule has 0 atom stereocenters. The van der Waals surface area contributed by atoms with Crippen molar-refractivity contribution in [2.75, 3.05) is 4.90 Å². The molecule has 10 heteroatoms. The van der Waals surface area contributed by atoms with E-state index in [9.17, 15) is 14.4 Å². The van der Waals surface area contributed by atoms with Crippen LogP contribution in [-0.2, 0) is 24.4 Å². The molecule has 0 unspecified atom stereocenters. The Labute approximate surface area is 164 Å². The van der Waals surface area contributed by atoms with Crippen LogP contribution in [0.2, 0.25) is 5.02 Å². The maximum absolute atomic E-state index is 12.6. The molecule has 9 nitrogen and oxygen atoms in total. The molecular weight excluding hydrogens is 384 g/mol. The van der Waals surface area contributed by atoms with Gasteiger partial charge < -0.3 is 5.32 Å². The van der Waals surface area contributed by atoms with E-state index in [1.165, 1.54) is 4.90 Å². The van der Waals surface area contributed by atoms with Crippen LogP contribution < -0.4 is 15.9 Å². The Balaban J connectivity index is 1.45. The van der Waals surface area contributed by atoms with Crippen LogP contribution in [-0.4, -0.2) is 31.3 Å².